The van der Waals surface area contributed by atoms with E-state index in [1.165, 1.54) is 17.7 Å². The molecular formula is C22H28N3O3+. The molecule has 1 aromatic carbocycles. The van der Waals surface area contributed by atoms with Crippen LogP contribution in [0.2, 0.25) is 0 Å². The van der Waals surface area contributed by atoms with E-state index >= 15 is 0 Å². The minimum absolute atomic E-state index is 0.0643. The van der Waals surface area contributed by atoms with Crippen LogP contribution < -0.4 is 9.64 Å². The molecule has 1 amide bonds. The van der Waals surface area contributed by atoms with E-state index in [2.05, 4.69) is 6.92 Å². The molecule has 4 rings (SSSR count). The summed E-state index contributed by atoms with van der Waals surface area (Å²) in [5.41, 5.74) is 1.91. The first-order valence-corrected chi connectivity index (χ1v) is 10.0. The van der Waals surface area contributed by atoms with Crippen LogP contribution in [-0.4, -0.2) is 43.4 Å². The molecule has 28 heavy (non-hydrogen) atoms. The van der Waals surface area contributed by atoms with E-state index in [0.29, 0.717) is 13.0 Å². The van der Waals surface area contributed by atoms with Crippen molar-refractivity contribution in [2.45, 2.75) is 32.2 Å². The molecule has 1 saturated heterocycles. The number of likely N-dealkylation sites (tertiary alicyclic amines) is 1. The minimum Gasteiger partial charge on any atom is -0.497 e. The van der Waals surface area contributed by atoms with E-state index in [9.17, 15) is 4.79 Å². The van der Waals surface area contributed by atoms with Crippen molar-refractivity contribution in [1.82, 2.24) is 5.01 Å². The Morgan fingerprint density at radius 2 is 2.00 bits per heavy atom. The number of amides is 1. The second-order valence-corrected chi connectivity index (χ2v) is 7.86. The zero-order valence-corrected chi connectivity index (χ0v) is 16.6. The van der Waals surface area contributed by atoms with Crippen LogP contribution in [-0.2, 0) is 4.79 Å². The van der Waals surface area contributed by atoms with Crippen LogP contribution in [0.5, 0.6) is 5.75 Å². The first kappa shape index (κ1) is 18.7. The normalized spacial score (nSPS) is 24.9. The third-order valence-electron chi connectivity index (χ3n) is 5.84. The average Bonchev–Trinajstić information content (AvgIpc) is 3.39. The van der Waals surface area contributed by atoms with Gasteiger partial charge in [-0.15, -0.1) is 0 Å². The number of quaternary nitrogens is 1. The second kappa shape index (κ2) is 8.19. The van der Waals surface area contributed by atoms with Gasteiger partial charge >= 0.3 is 0 Å². The summed E-state index contributed by atoms with van der Waals surface area (Å²) in [6, 6.07) is 11.4. The molecule has 2 aromatic rings. The van der Waals surface area contributed by atoms with E-state index < -0.39 is 0 Å². The molecule has 3 heterocycles. The number of carbonyl (C=O) groups is 1. The Kier molecular flexibility index (Phi) is 5.48. The quantitative estimate of drug-likeness (QED) is 0.863. The van der Waals surface area contributed by atoms with Gasteiger partial charge in [-0.3, -0.25) is 4.79 Å². The van der Waals surface area contributed by atoms with Crippen LogP contribution in [0.3, 0.4) is 0 Å². The van der Waals surface area contributed by atoms with Crippen molar-refractivity contribution in [2.75, 3.05) is 26.7 Å². The molecule has 6 nitrogen and oxygen atoms in total. The minimum atomic E-state index is -0.178. The maximum absolute atomic E-state index is 13.1. The summed E-state index contributed by atoms with van der Waals surface area (Å²) < 4.78 is 10.9. The number of hydrazone groups is 1. The van der Waals surface area contributed by atoms with Crippen molar-refractivity contribution in [2.24, 2.45) is 11.0 Å². The monoisotopic (exact) mass is 382 g/mol. The molecular weight excluding hydrogens is 354 g/mol. The van der Waals surface area contributed by atoms with Crippen LogP contribution in [0.1, 0.15) is 43.6 Å². The van der Waals surface area contributed by atoms with Crippen LogP contribution >= 0.6 is 0 Å². The lowest BCUT2D eigenvalue weighted by atomic mass is 9.99. The van der Waals surface area contributed by atoms with Gasteiger partial charge in [-0.1, -0.05) is 6.92 Å². The lowest BCUT2D eigenvalue weighted by Crippen LogP contribution is -3.14. The van der Waals surface area contributed by atoms with E-state index in [4.69, 9.17) is 14.3 Å². The van der Waals surface area contributed by atoms with Crippen molar-refractivity contribution in [3.8, 4) is 5.75 Å². The Morgan fingerprint density at radius 1 is 1.25 bits per heavy atom. The summed E-state index contributed by atoms with van der Waals surface area (Å²) in [4.78, 5) is 14.5. The maximum Gasteiger partial charge on any atom is 0.298 e. The number of carbonyl (C=O) groups excluding carboxylic acids is 1. The molecule has 1 fully saturated rings. The van der Waals surface area contributed by atoms with Gasteiger partial charge in [0.1, 0.15) is 17.6 Å². The van der Waals surface area contributed by atoms with Gasteiger partial charge < -0.3 is 14.1 Å². The fourth-order valence-electron chi connectivity index (χ4n) is 4.04. The zero-order valence-electron chi connectivity index (χ0n) is 16.6. The molecule has 1 N–H and O–H groups in total. The van der Waals surface area contributed by atoms with E-state index in [0.717, 1.165) is 41.8 Å². The summed E-state index contributed by atoms with van der Waals surface area (Å²) in [6.45, 7) is 4.89. The Bertz CT molecular complexity index is 821. The molecule has 0 bridgehead atoms. The molecule has 6 heteroatoms. The Hall–Kier alpha value is -2.60. The van der Waals surface area contributed by atoms with Crippen molar-refractivity contribution in [1.29, 1.82) is 0 Å². The van der Waals surface area contributed by atoms with Gasteiger partial charge in [0.25, 0.3) is 5.91 Å². The number of ether oxygens (including phenoxy) is 1. The van der Waals surface area contributed by atoms with Gasteiger partial charge in [0.15, 0.2) is 6.54 Å². The SMILES string of the molecule is COc1ccc(C2=NN(C(=O)C[NH+]3CCC(C)CC3)[C@@H](c3ccco3)C2)cc1. The largest absolute Gasteiger partial charge is 0.497 e. The summed E-state index contributed by atoms with van der Waals surface area (Å²) in [6.07, 6.45) is 4.67. The molecule has 0 unspecified atom stereocenters. The molecule has 0 aliphatic carbocycles. The van der Waals surface area contributed by atoms with Crippen molar-refractivity contribution >= 4 is 11.6 Å². The van der Waals surface area contributed by atoms with E-state index in [1.54, 1.807) is 18.4 Å². The van der Waals surface area contributed by atoms with E-state index in [-0.39, 0.29) is 11.9 Å². The lowest BCUT2D eigenvalue weighted by molar-refractivity contribution is -0.898. The Morgan fingerprint density at radius 3 is 2.64 bits per heavy atom. The van der Waals surface area contributed by atoms with Crippen LogP contribution in [0.25, 0.3) is 0 Å². The Labute approximate surface area is 165 Å². The fourth-order valence-corrected chi connectivity index (χ4v) is 4.04. The third kappa shape index (κ3) is 3.97. The van der Waals surface area contributed by atoms with Crippen LogP contribution in [0.4, 0.5) is 0 Å². The van der Waals surface area contributed by atoms with Gasteiger partial charge in [-0.2, -0.15) is 5.10 Å². The van der Waals surface area contributed by atoms with Crippen molar-refractivity contribution < 1.29 is 18.8 Å². The lowest BCUT2D eigenvalue weighted by Gasteiger charge is -2.28. The van der Waals surface area contributed by atoms with Crippen LogP contribution in [0, 0.1) is 5.92 Å². The smallest absolute Gasteiger partial charge is 0.298 e. The highest BCUT2D eigenvalue weighted by Crippen LogP contribution is 2.33. The number of nitrogens with one attached hydrogen (secondary N) is 1. The standard InChI is InChI=1S/C22H27N3O3/c1-16-9-11-24(12-10-16)15-22(26)25-20(21-4-3-13-28-21)14-19(23-25)17-5-7-18(27-2)8-6-17/h3-8,13,16,20H,9-12,14-15H2,1-2H3/p+1/t20-/m1/s1. The molecule has 1 atom stereocenters. The zero-order chi connectivity index (χ0) is 19.5. The maximum atomic E-state index is 13.1. The number of furan rings is 1. The second-order valence-electron chi connectivity index (χ2n) is 7.86. The highest BCUT2D eigenvalue weighted by molar-refractivity contribution is 6.03. The van der Waals surface area contributed by atoms with Gasteiger partial charge in [0, 0.05) is 6.42 Å². The first-order chi connectivity index (χ1) is 13.6. The molecule has 2 aliphatic rings. The molecule has 2 aliphatic heterocycles. The van der Waals surface area contributed by atoms with Crippen LogP contribution in [0.15, 0.2) is 52.2 Å². The average molecular weight is 382 g/mol. The molecule has 0 radical (unpaired) electrons. The van der Waals surface area contributed by atoms with E-state index in [1.807, 2.05) is 36.4 Å². The van der Waals surface area contributed by atoms with Gasteiger partial charge in [-0.05, 0) is 60.7 Å². The van der Waals surface area contributed by atoms with Gasteiger partial charge in [0.05, 0.1) is 32.2 Å². The number of hydrogen-bond donors (Lipinski definition) is 1. The predicted molar refractivity (Wildman–Crippen MR) is 106 cm³/mol. The number of methoxy groups -OCH3 is 1. The summed E-state index contributed by atoms with van der Waals surface area (Å²) in [5, 5.41) is 6.36. The number of rotatable bonds is 5. The number of benzene rings is 1. The van der Waals surface area contributed by atoms with Crippen molar-refractivity contribution in [3.05, 3.63) is 54.0 Å². The fraction of sp³-hybridized carbons (Fsp3) is 0.455. The Balaban J connectivity index is 1.53. The molecule has 1 aromatic heterocycles. The summed E-state index contributed by atoms with van der Waals surface area (Å²) in [5.74, 6) is 2.42. The number of nitrogens with zero attached hydrogens (tertiary/aromatic N) is 2. The highest BCUT2D eigenvalue weighted by atomic mass is 16.5. The van der Waals surface area contributed by atoms with Gasteiger partial charge in [-0.25, -0.2) is 5.01 Å². The number of piperidine rings is 1. The third-order valence-corrected chi connectivity index (χ3v) is 5.84. The number of hydrogen-bond acceptors (Lipinski definition) is 4. The molecule has 148 valence electrons. The summed E-state index contributed by atoms with van der Waals surface area (Å²) >= 11 is 0. The summed E-state index contributed by atoms with van der Waals surface area (Å²) in [7, 11) is 1.65. The molecule has 0 saturated carbocycles. The molecule has 0 spiro atoms. The van der Waals surface area contributed by atoms with Gasteiger partial charge in [0.2, 0.25) is 0 Å². The first-order valence-electron chi connectivity index (χ1n) is 10.0. The topological polar surface area (TPSA) is 59.5 Å². The predicted octanol–water partition coefficient (Wildman–Crippen LogP) is 2.28. The highest BCUT2D eigenvalue weighted by Gasteiger charge is 2.36. The van der Waals surface area contributed by atoms with Crippen molar-refractivity contribution in [3.63, 3.8) is 0 Å².